The van der Waals surface area contributed by atoms with Crippen molar-refractivity contribution in [2.24, 2.45) is 7.05 Å². The van der Waals surface area contributed by atoms with E-state index >= 15 is 0 Å². The summed E-state index contributed by atoms with van der Waals surface area (Å²) >= 11 is 0. The number of hydrogen-bond donors (Lipinski definition) is 1. The number of nitrogens with one attached hydrogen (secondary N) is 1. The van der Waals surface area contributed by atoms with Crippen molar-refractivity contribution in [1.82, 2.24) is 14.8 Å². The van der Waals surface area contributed by atoms with Crippen LogP contribution in [0.5, 0.6) is 0 Å². The number of carbonyl (C=O) groups is 1. The van der Waals surface area contributed by atoms with Crippen LogP contribution in [0.25, 0.3) is 11.4 Å². The van der Waals surface area contributed by atoms with Gasteiger partial charge in [0.25, 0.3) is 0 Å². The van der Waals surface area contributed by atoms with Crippen LogP contribution in [0.15, 0.2) is 54.9 Å². The number of carbonyl (C=O) groups excluding carboxylic acids is 1. The van der Waals surface area contributed by atoms with Crippen LogP contribution in [-0.4, -0.2) is 42.2 Å². The first-order chi connectivity index (χ1) is 14.9. The van der Waals surface area contributed by atoms with Gasteiger partial charge in [0.05, 0.1) is 16.9 Å². The van der Waals surface area contributed by atoms with E-state index in [1.165, 1.54) is 18.5 Å². The minimum Gasteiger partial charge on any atom is -0.370 e. The Kier molecular flexibility index (Phi) is 5.90. The summed E-state index contributed by atoms with van der Waals surface area (Å²) in [6.07, 6.45) is 4.63. The fraction of sp³-hybridized carbons (Fsp3) is 0.286. The van der Waals surface area contributed by atoms with Crippen LogP contribution in [0.2, 0.25) is 0 Å². The molecule has 0 bridgehead atoms. The van der Waals surface area contributed by atoms with Crippen LogP contribution in [0.3, 0.4) is 0 Å². The number of rotatable bonds is 6. The standard InChI is InChI=1S/C21H23N5O4S/c1-25-20(22-15-23-25)17-10-11-19(26-12-6-3-7-13-26)18(14-17)24-31(28,29)30-21(27)16-8-4-2-5-9-16/h2,4-5,8-11,14-15,24H,3,6-7,12-13H2,1H3. The summed E-state index contributed by atoms with van der Waals surface area (Å²) in [6, 6.07) is 13.4. The average molecular weight is 442 g/mol. The maximum Gasteiger partial charge on any atom is 0.410 e. The Bertz CT molecular complexity index is 1170. The molecular weight excluding hydrogens is 418 g/mol. The lowest BCUT2D eigenvalue weighted by Gasteiger charge is -2.30. The number of piperidine rings is 1. The van der Waals surface area contributed by atoms with Gasteiger partial charge in [0.15, 0.2) is 5.82 Å². The second-order valence-electron chi connectivity index (χ2n) is 7.28. The van der Waals surface area contributed by atoms with Gasteiger partial charge in [-0.25, -0.2) is 19.2 Å². The number of benzene rings is 2. The van der Waals surface area contributed by atoms with Gasteiger partial charge in [-0.3, -0.25) is 0 Å². The summed E-state index contributed by atoms with van der Waals surface area (Å²) in [4.78, 5) is 18.6. The molecular formula is C21H23N5O4S. The predicted octanol–water partition coefficient (Wildman–Crippen LogP) is 2.99. The van der Waals surface area contributed by atoms with Gasteiger partial charge in [0.2, 0.25) is 0 Å². The molecule has 0 amide bonds. The first kappa shape index (κ1) is 20.9. The van der Waals surface area contributed by atoms with Crippen LogP contribution in [0.1, 0.15) is 29.6 Å². The highest BCUT2D eigenvalue weighted by Crippen LogP contribution is 2.33. The molecule has 10 heteroatoms. The summed E-state index contributed by atoms with van der Waals surface area (Å²) in [5.74, 6) is -0.357. The van der Waals surface area contributed by atoms with Gasteiger partial charge in [-0.05, 0) is 49.6 Å². The van der Waals surface area contributed by atoms with Crippen LogP contribution in [-0.2, 0) is 21.5 Å². The van der Waals surface area contributed by atoms with E-state index in [0.717, 1.165) is 38.0 Å². The Labute approximate surface area is 180 Å². The molecule has 4 rings (SSSR count). The van der Waals surface area contributed by atoms with Crippen LogP contribution in [0.4, 0.5) is 11.4 Å². The Hall–Kier alpha value is -3.40. The highest BCUT2D eigenvalue weighted by Gasteiger charge is 2.23. The Morgan fingerprint density at radius 2 is 1.81 bits per heavy atom. The van der Waals surface area contributed by atoms with Crippen molar-refractivity contribution in [3.8, 4) is 11.4 Å². The molecule has 1 aliphatic rings. The van der Waals surface area contributed by atoms with Gasteiger partial charge >= 0.3 is 16.3 Å². The van der Waals surface area contributed by atoms with Crippen molar-refractivity contribution in [2.45, 2.75) is 19.3 Å². The van der Waals surface area contributed by atoms with Gasteiger partial charge < -0.3 is 9.08 Å². The lowest BCUT2D eigenvalue weighted by Crippen LogP contribution is -2.31. The highest BCUT2D eigenvalue weighted by molar-refractivity contribution is 7.88. The summed E-state index contributed by atoms with van der Waals surface area (Å²) < 4.78 is 34.2. The normalized spacial score (nSPS) is 14.3. The van der Waals surface area contributed by atoms with Gasteiger partial charge in [0, 0.05) is 25.7 Å². The number of hydrogen-bond acceptors (Lipinski definition) is 7. The third kappa shape index (κ3) is 4.85. The van der Waals surface area contributed by atoms with E-state index in [2.05, 4.69) is 19.7 Å². The lowest BCUT2D eigenvalue weighted by molar-refractivity contribution is 0.0748. The first-order valence-electron chi connectivity index (χ1n) is 9.98. The van der Waals surface area contributed by atoms with Crippen molar-refractivity contribution in [2.75, 3.05) is 22.7 Å². The zero-order valence-electron chi connectivity index (χ0n) is 17.1. The van der Waals surface area contributed by atoms with Crippen LogP contribution >= 0.6 is 0 Å². The molecule has 0 radical (unpaired) electrons. The number of aromatic nitrogens is 3. The molecule has 2 heterocycles. The Morgan fingerprint density at radius 1 is 1.06 bits per heavy atom. The minimum absolute atomic E-state index is 0.150. The maximum atomic E-state index is 12.7. The molecule has 0 saturated carbocycles. The molecule has 31 heavy (non-hydrogen) atoms. The fourth-order valence-electron chi connectivity index (χ4n) is 3.60. The Balaban J connectivity index is 1.65. The van der Waals surface area contributed by atoms with Crippen LogP contribution < -0.4 is 9.62 Å². The number of nitrogens with zero attached hydrogens (tertiary/aromatic N) is 4. The van der Waals surface area contributed by atoms with E-state index in [-0.39, 0.29) is 5.56 Å². The molecule has 3 aromatic rings. The summed E-state index contributed by atoms with van der Waals surface area (Å²) in [6.45, 7) is 1.64. The van der Waals surface area contributed by atoms with E-state index in [4.69, 9.17) is 4.18 Å². The van der Waals surface area contributed by atoms with Crippen molar-refractivity contribution in [3.05, 3.63) is 60.4 Å². The van der Waals surface area contributed by atoms with Crippen molar-refractivity contribution >= 4 is 27.6 Å². The number of aryl methyl sites for hydroxylation is 1. The van der Waals surface area contributed by atoms with E-state index in [0.29, 0.717) is 17.1 Å². The predicted molar refractivity (Wildman–Crippen MR) is 117 cm³/mol. The highest BCUT2D eigenvalue weighted by atomic mass is 32.2. The van der Waals surface area contributed by atoms with E-state index in [1.54, 1.807) is 36.0 Å². The van der Waals surface area contributed by atoms with Gasteiger partial charge in [-0.15, -0.1) is 0 Å². The molecule has 0 aliphatic carbocycles. The molecule has 162 valence electrons. The topological polar surface area (TPSA) is 106 Å². The average Bonchev–Trinajstić information content (AvgIpc) is 3.20. The monoisotopic (exact) mass is 441 g/mol. The van der Waals surface area contributed by atoms with Gasteiger partial charge in [-0.1, -0.05) is 18.2 Å². The molecule has 1 fully saturated rings. The maximum absolute atomic E-state index is 12.7. The SMILES string of the molecule is Cn1ncnc1-c1ccc(N2CCCCC2)c(NS(=O)(=O)OC(=O)c2ccccc2)c1. The zero-order chi connectivity index (χ0) is 21.8. The molecule has 1 N–H and O–H groups in total. The summed E-state index contributed by atoms with van der Waals surface area (Å²) in [7, 11) is -2.65. The quantitative estimate of drug-likeness (QED) is 0.627. The zero-order valence-corrected chi connectivity index (χ0v) is 17.9. The number of anilines is 2. The molecule has 0 unspecified atom stereocenters. The third-order valence-corrected chi connectivity index (χ3v) is 5.93. The second-order valence-corrected chi connectivity index (χ2v) is 8.56. The molecule has 1 aromatic heterocycles. The largest absolute Gasteiger partial charge is 0.410 e. The summed E-state index contributed by atoms with van der Waals surface area (Å²) in [5.41, 5.74) is 1.89. The van der Waals surface area contributed by atoms with E-state index in [9.17, 15) is 13.2 Å². The Morgan fingerprint density at radius 3 is 2.48 bits per heavy atom. The summed E-state index contributed by atoms with van der Waals surface area (Å²) in [5, 5.41) is 4.07. The lowest BCUT2D eigenvalue weighted by atomic mass is 10.1. The fourth-order valence-corrected chi connectivity index (χ4v) is 4.37. The molecule has 1 aliphatic heterocycles. The van der Waals surface area contributed by atoms with Gasteiger partial charge in [0.1, 0.15) is 6.33 Å². The van der Waals surface area contributed by atoms with Crippen molar-refractivity contribution < 1.29 is 17.4 Å². The van der Waals surface area contributed by atoms with E-state index in [1.807, 2.05) is 12.1 Å². The molecule has 1 saturated heterocycles. The first-order valence-corrected chi connectivity index (χ1v) is 11.4. The smallest absolute Gasteiger partial charge is 0.370 e. The molecule has 2 aromatic carbocycles. The molecule has 9 nitrogen and oxygen atoms in total. The minimum atomic E-state index is -4.41. The van der Waals surface area contributed by atoms with Crippen molar-refractivity contribution in [3.63, 3.8) is 0 Å². The van der Waals surface area contributed by atoms with Crippen molar-refractivity contribution in [1.29, 1.82) is 0 Å². The van der Waals surface area contributed by atoms with Gasteiger partial charge in [-0.2, -0.15) is 13.5 Å². The molecule has 0 spiro atoms. The third-order valence-electron chi connectivity index (χ3n) is 5.09. The van der Waals surface area contributed by atoms with Crippen LogP contribution in [0, 0.1) is 0 Å². The second kappa shape index (κ2) is 8.76. The van der Waals surface area contributed by atoms with E-state index < -0.39 is 16.3 Å². The molecule has 0 atom stereocenters.